The number of hydrogen-bond acceptors (Lipinski definition) is 5. The number of nitrogens with zero attached hydrogens (tertiary/aromatic N) is 2. The van der Waals surface area contributed by atoms with Crippen molar-refractivity contribution in [3.8, 4) is 23.1 Å². The SMILES string of the molecule is CN(CC#Cc1ccc(C(=O)NO)cc1)C(=O)c1nc(-c2ccccc2)cs1. The first-order valence-corrected chi connectivity index (χ1v) is 9.26. The molecule has 6 nitrogen and oxygen atoms in total. The van der Waals surface area contributed by atoms with Crippen molar-refractivity contribution >= 4 is 23.2 Å². The summed E-state index contributed by atoms with van der Waals surface area (Å²) < 4.78 is 0. The molecule has 7 heteroatoms. The first-order chi connectivity index (χ1) is 13.6. The van der Waals surface area contributed by atoms with Crippen LogP contribution in [0.15, 0.2) is 60.0 Å². The molecular formula is C21H17N3O3S. The summed E-state index contributed by atoms with van der Waals surface area (Å²) in [4.78, 5) is 29.7. The smallest absolute Gasteiger partial charge is 0.283 e. The molecule has 3 rings (SSSR count). The Kier molecular flexibility index (Phi) is 6.17. The van der Waals surface area contributed by atoms with Gasteiger partial charge in [-0.05, 0) is 24.3 Å². The van der Waals surface area contributed by atoms with E-state index in [0.717, 1.165) is 11.3 Å². The Labute approximate surface area is 166 Å². The number of benzene rings is 2. The first-order valence-electron chi connectivity index (χ1n) is 8.38. The Morgan fingerprint density at radius 2 is 1.86 bits per heavy atom. The highest BCUT2D eigenvalue weighted by Crippen LogP contribution is 2.22. The molecule has 1 aromatic heterocycles. The van der Waals surface area contributed by atoms with Crippen LogP contribution < -0.4 is 5.48 Å². The molecule has 0 bridgehead atoms. The third-order valence-electron chi connectivity index (χ3n) is 3.90. The van der Waals surface area contributed by atoms with Crippen molar-refractivity contribution in [2.45, 2.75) is 0 Å². The van der Waals surface area contributed by atoms with E-state index in [1.54, 1.807) is 36.8 Å². The molecule has 140 valence electrons. The van der Waals surface area contributed by atoms with E-state index in [1.807, 2.05) is 35.7 Å². The molecular weight excluding hydrogens is 374 g/mol. The van der Waals surface area contributed by atoms with Gasteiger partial charge in [-0.2, -0.15) is 0 Å². The van der Waals surface area contributed by atoms with Gasteiger partial charge in [0.05, 0.1) is 12.2 Å². The number of carbonyl (C=O) groups is 2. The second-order valence-electron chi connectivity index (χ2n) is 5.89. The minimum Gasteiger partial charge on any atom is -0.328 e. The Balaban J connectivity index is 1.62. The van der Waals surface area contributed by atoms with Crippen molar-refractivity contribution in [2.75, 3.05) is 13.6 Å². The average Bonchev–Trinajstić information content (AvgIpc) is 3.24. The van der Waals surface area contributed by atoms with Gasteiger partial charge in [-0.3, -0.25) is 14.8 Å². The van der Waals surface area contributed by atoms with Crippen LogP contribution in [0.5, 0.6) is 0 Å². The molecule has 28 heavy (non-hydrogen) atoms. The second-order valence-corrected chi connectivity index (χ2v) is 6.74. The number of aromatic nitrogens is 1. The lowest BCUT2D eigenvalue weighted by atomic mass is 10.1. The van der Waals surface area contributed by atoms with Crippen LogP contribution in [0, 0.1) is 11.8 Å². The maximum atomic E-state index is 12.5. The molecule has 2 aromatic carbocycles. The summed E-state index contributed by atoms with van der Waals surface area (Å²) in [5, 5.41) is 10.9. The summed E-state index contributed by atoms with van der Waals surface area (Å²) in [5.74, 6) is 5.11. The molecule has 0 aliphatic heterocycles. The highest BCUT2D eigenvalue weighted by atomic mass is 32.1. The fourth-order valence-electron chi connectivity index (χ4n) is 2.38. The summed E-state index contributed by atoms with van der Waals surface area (Å²) >= 11 is 1.31. The summed E-state index contributed by atoms with van der Waals surface area (Å²) in [7, 11) is 1.68. The van der Waals surface area contributed by atoms with Crippen LogP contribution >= 0.6 is 11.3 Å². The van der Waals surface area contributed by atoms with E-state index in [-0.39, 0.29) is 12.5 Å². The predicted octanol–water partition coefficient (Wildman–Crippen LogP) is 3.05. The lowest BCUT2D eigenvalue weighted by Gasteiger charge is -2.11. The maximum Gasteiger partial charge on any atom is 0.283 e. The topological polar surface area (TPSA) is 82.5 Å². The molecule has 0 radical (unpaired) electrons. The minimum absolute atomic E-state index is 0.184. The van der Waals surface area contributed by atoms with E-state index >= 15 is 0 Å². The normalized spacial score (nSPS) is 9.93. The quantitative estimate of drug-likeness (QED) is 0.407. The maximum absolute atomic E-state index is 12.5. The fraction of sp³-hybridized carbons (Fsp3) is 0.0952. The molecule has 0 aliphatic rings. The Hall–Kier alpha value is -3.47. The number of hydrogen-bond donors (Lipinski definition) is 2. The average molecular weight is 391 g/mol. The van der Waals surface area contributed by atoms with Crippen molar-refractivity contribution in [1.82, 2.24) is 15.4 Å². The summed E-state index contributed by atoms with van der Waals surface area (Å²) in [5.41, 5.74) is 4.36. The fourth-order valence-corrected chi connectivity index (χ4v) is 3.20. The van der Waals surface area contributed by atoms with Gasteiger partial charge < -0.3 is 4.90 Å². The lowest BCUT2D eigenvalue weighted by Crippen LogP contribution is -2.26. The van der Waals surface area contributed by atoms with E-state index < -0.39 is 5.91 Å². The van der Waals surface area contributed by atoms with Gasteiger partial charge in [0.25, 0.3) is 11.8 Å². The first kappa shape index (κ1) is 19.3. The standard InChI is InChI=1S/C21H17N3O3S/c1-24(13-5-6-15-9-11-17(12-10-15)19(25)23-27)21(26)20-22-18(14-28-20)16-7-3-2-4-8-16/h2-4,7-12,14,27H,13H2,1H3,(H,23,25). The predicted molar refractivity (Wildman–Crippen MR) is 107 cm³/mol. The van der Waals surface area contributed by atoms with Crippen LogP contribution in [0.1, 0.15) is 25.7 Å². The second kappa shape index (κ2) is 8.95. The van der Waals surface area contributed by atoms with Crippen molar-refractivity contribution in [3.05, 3.63) is 76.1 Å². The van der Waals surface area contributed by atoms with Crippen LogP contribution in [0.25, 0.3) is 11.3 Å². The largest absolute Gasteiger partial charge is 0.328 e. The Bertz CT molecular complexity index is 1030. The van der Waals surface area contributed by atoms with Gasteiger partial charge in [-0.25, -0.2) is 10.5 Å². The van der Waals surface area contributed by atoms with Gasteiger partial charge >= 0.3 is 0 Å². The molecule has 0 atom stereocenters. The number of rotatable bonds is 4. The number of thiazole rings is 1. The summed E-state index contributed by atoms with van der Waals surface area (Å²) in [6.07, 6.45) is 0. The van der Waals surface area contributed by atoms with Crippen LogP contribution in [-0.2, 0) is 0 Å². The molecule has 2 N–H and O–H groups in total. The van der Waals surface area contributed by atoms with Gasteiger partial charge in [-0.1, -0.05) is 42.2 Å². The van der Waals surface area contributed by atoms with Gasteiger partial charge in [0.15, 0.2) is 5.01 Å². The van der Waals surface area contributed by atoms with Gasteiger partial charge in [-0.15, -0.1) is 11.3 Å². The number of carbonyl (C=O) groups excluding carboxylic acids is 2. The Morgan fingerprint density at radius 1 is 1.14 bits per heavy atom. The van der Waals surface area contributed by atoms with Crippen molar-refractivity contribution in [3.63, 3.8) is 0 Å². The number of amides is 2. The third kappa shape index (κ3) is 4.62. The Morgan fingerprint density at radius 3 is 2.54 bits per heavy atom. The molecule has 2 amide bonds. The van der Waals surface area contributed by atoms with E-state index in [4.69, 9.17) is 5.21 Å². The third-order valence-corrected chi connectivity index (χ3v) is 4.73. The van der Waals surface area contributed by atoms with Gasteiger partial charge in [0, 0.05) is 29.1 Å². The summed E-state index contributed by atoms with van der Waals surface area (Å²) in [6.45, 7) is 0.248. The molecule has 0 spiro atoms. The van der Waals surface area contributed by atoms with Crippen molar-refractivity contribution < 1.29 is 14.8 Å². The summed E-state index contributed by atoms with van der Waals surface area (Å²) in [6, 6.07) is 16.2. The van der Waals surface area contributed by atoms with E-state index in [2.05, 4.69) is 16.8 Å². The highest BCUT2D eigenvalue weighted by Gasteiger charge is 2.15. The molecule has 1 heterocycles. The van der Waals surface area contributed by atoms with E-state index in [9.17, 15) is 9.59 Å². The molecule has 3 aromatic rings. The van der Waals surface area contributed by atoms with Gasteiger partial charge in [0.1, 0.15) is 0 Å². The van der Waals surface area contributed by atoms with Gasteiger partial charge in [0.2, 0.25) is 0 Å². The molecule has 0 aliphatic carbocycles. The molecule has 0 saturated heterocycles. The zero-order valence-corrected chi connectivity index (χ0v) is 15.9. The highest BCUT2D eigenvalue weighted by molar-refractivity contribution is 7.12. The van der Waals surface area contributed by atoms with Crippen LogP contribution in [0.2, 0.25) is 0 Å². The lowest BCUT2D eigenvalue weighted by molar-refractivity contribution is 0.0706. The van der Waals surface area contributed by atoms with E-state index in [0.29, 0.717) is 16.1 Å². The van der Waals surface area contributed by atoms with Crippen LogP contribution in [0.4, 0.5) is 0 Å². The molecule has 0 saturated carbocycles. The number of nitrogens with one attached hydrogen (secondary N) is 1. The van der Waals surface area contributed by atoms with E-state index in [1.165, 1.54) is 16.2 Å². The minimum atomic E-state index is -0.580. The zero-order chi connectivity index (χ0) is 19.9. The van der Waals surface area contributed by atoms with Crippen molar-refractivity contribution in [2.24, 2.45) is 0 Å². The molecule has 0 unspecified atom stereocenters. The van der Waals surface area contributed by atoms with Crippen LogP contribution in [-0.4, -0.2) is 40.5 Å². The van der Waals surface area contributed by atoms with Crippen LogP contribution in [0.3, 0.4) is 0 Å². The molecule has 0 fully saturated rings. The number of hydroxylamine groups is 1. The zero-order valence-electron chi connectivity index (χ0n) is 15.0. The monoisotopic (exact) mass is 391 g/mol. The van der Waals surface area contributed by atoms with Crippen molar-refractivity contribution in [1.29, 1.82) is 0 Å².